The van der Waals surface area contributed by atoms with E-state index in [1.807, 2.05) is 0 Å². The van der Waals surface area contributed by atoms with E-state index in [1.165, 1.54) is 18.2 Å². The summed E-state index contributed by atoms with van der Waals surface area (Å²) in [5.74, 6) is -1.47. The van der Waals surface area contributed by atoms with Crippen molar-refractivity contribution in [1.82, 2.24) is 0 Å². The summed E-state index contributed by atoms with van der Waals surface area (Å²) in [6.45, 7) is 0.128. The van der Waals surface area contributed by atoms with Crippen LogP contribution in [0.4, 0.5) is 4.39 Å². The van der Waals surface area contributed by atoms with Crippen LogP contribution in [0.2, 0.25) is 5.02 Å². The molecule has 0 heterocycles. The molecule has 0 unspecified atom stereocenters. The molecular formula is C12H12ClFO3. The number of carboxylic acid groups (broad SMARTS) is 1. The topological polar surface area (TPSA) is 46.5 Å². The van der Waals surface area contributed by atoms with Gasteiger partial charge in [0.25, 0.3) is 0 Å². The van der Waals surface area contributed by atoms with Gasteiger partial charge >= 0.3 is 5.97 Å². The van der Waals surface area contributed by atoms with Crippen LogP contribution in [0.5, 0.6) is 0 Å². The first-order valence-corrected chi connectivity index (χ1v) is 5.72. The summed E-state index contributed by atoms with van der Waals surface area (Å²) in [7, 11) is 0. The van der Waals surface area contributed by atoms with Crippen LogP contribution >= 0.6 is 11.6 Å². The quantitative estimate of drug-likeness (QED) is 0.903. The fourth-order valence-electron chi connectivity index (χ4n) is 1.76. The van der Waals surface area contributed by atoms with Crippen LogP contribution in [0.1, 0.15) is 18.4 Å². The van der Waals surface area contributed by atoms with Gasteiger partial charge in [0.15, 0.2) is 0 Å². The first-order valence-electron chi connectivity index (χ1n) is 5.34. The van der Waals surface area contributed by atoms with E-state index in [-0.39, 0.29) is 24.4 Å². The lowest BCUT2D eigenvalue weighted by Gasteiger charge is -2.32. The van der Waals surface area contributed by atoms with E-state index < -0.39 is 5.97 Å². The second-order valence-corrected chi connectivity index (χ2v) is 4.61. The minimum Gasteiger partial charge on any atom is -0.481 e. The van der Waals surface area contributed by atoms with Gasteiger partial charge in [0.2, 0.25) is 0 Å². The Balaban J connectivity index is 1.83. The molecule has 0 saturated heterocycles. The standard InChI is InChI=1S/C12H12ClFO3/c13-9-1-2-11(14)8(3-9)6-17-10-4-7(5-10)12(15)16/h1-3,7,10H,4-6H2,(H,15,16)/t7-,10-. The van der Waals surface area contributed by atoms with Gasteiger partial charge in [-0.1, -0.05) is 11.6 Å². The molecule has 1 fully saturated rings. The van der Waals surface area contributed by atoms with Crippen LogP contribution in [-0.4, -0.2) is 17.2 Å². The van der Waals surface area contributed by atoms with E-state index in [9.17, 15) is 9.18 Å². The lowest BCUT2D eigenvalue weighted by Crippen LogP contribution is -2.36. The molecule has 0 aliphatic heterocycles. The number of halogens is 2. The van der Waals surface area contributed by atoms with Gasteiger partial charge in [-0.25, -0.2) is 4.39 Å². The highest BCUT2D eigenvalue weighted by Crippen LogP contribution is 2.31. The van der Waals surface area contributed by atoms with E-state index in [2.05, 4.69) is 0 Å². The van der Waals surface area contributed by atoms with E-state index in [0.717, 1.165) is 0 Å². The van der Waals surface area contributed by atoms with Crippen molar-refractivity contribution in [3.63, 3.8) is 0 Å². The molecule has 0 aromatic heterocycles. The molecule has 3 nitrogen and oxygen atoms in total. The Bertz CT molecular complexity index is 430. The number of benzene rings is 1. The SMILES string of the molecule is O=C(O)[C@H]1C[C@H](OCc2cc(Cl)ccc2F)C1. The molecule has 1 aromatic rings. The molecule has 2 rings (SSSR count). The van der Waals surface area contributed by atoms with Gasteiger partial charge < -0.3 is 9.84 Å². The molecule has 1 saturated carbocycles. The highest BCUT2D eigenvalue weighted by molar-refractivity contribution is 6.30. The van der Waals surface area contributed by atoms with Crippen molar-refractivity contribution in [2.75, 3.05) is 0 Å². The summed E-state index contributed by atoms with van der Waals surface area (Å²) in [5.41, 5.74) is 0.399. The van der Waals surface area contributed by atoms with Crippen molar-refractivity contribution in [3.05, 3.63) is 34.6 Å². The first kappa shape index (κ1) is 12.3. The fraction of sp³-hybridized carbons (Fsp3) is 0.417. The molecule has 1 aliphatic carbocycles. The lowest BCUT2D eigenvalue weighted by molar-refractivity contribution is -0.151. The number of aliphatic carboxylic acids is 1. The molecule has 5 heteroatoms. The van der Waals surface area contributed by atoms with Crippen LogP contribution in [0, 0.1) is 11.7 Å². The Kier molecular flexibility index (Phi) is 3.64. The Morgan fingerprint density at radius 3 is 2.88 bits per heavy atom. The van der Waals surface area contributed by atoms with Crippen molar-refractivity contribution >= 4 is 17.6 Å². The molecule has 0 bridgehead atoms. The summed E-state index contributed by atoms with van der Waals surface area (Å²) in [5, 5.41) is 9.14. The summed E-state index contributed by atoms with van der Waals surface area (Å²) >= 11 is 5.74. The summed E-state index contributed by atoms with van der Waals surface area (Å²) < 4.78 is 18.7. The lowest BCUT2D eigenvalue weighted by atomic mass is 9.82. The third-order valence-corrected chi connectivity index (χ3v) is 3.16. The second-order valence-electron chi connectivity index (χ2n) is 4.18. The van der Waals surface area contributed by atoms with Gasteiger partial charge in [0.05, 0.1) is 18.6 Å². The Labute approximate surface area is 103 Å². The number of rotatable bonds is 4. The van der Waals surface area contributed by atoms with E-state index in [0.29, 0.717) is 23.4 Å². The molecular weight excluding hydrogens is 247 g/mol. The highest BCUT2D eigenvalue weighted by atomic mass is 35.5. The van der Waals surface area contributed by atoms with Gasteiger partial charge in [0.1, 0.15) is 5.82 Å². The van der Waals surface area contributed by atoms with Gasteiger partial charge in [-0.15, -0.1) is 0 Å². The third-order valence-electron chi connectivity index (χ3n) is 2.93. The smallest absolute Gasteiger partial charge is 0.306 e. The van der Waals surface area contributed by atoms with Gasteiger partial charge in [-0.3, -0.25) is 4.79 Å². The van der Waals surface area contributed by atoms with Crippen molar-refractivity contribution in [2.24, 2.45) is 5.92 Å². The Morgan fingerprint density at radius 2 is 2.24 bits per heavy atom. The second kappa shape index (κ2) is 5.02. The van der Waals surface area contributed by atoms with E-state index in [1.54, 1.807) is 0 Å². The number of hydrogen-bond acceptors (Lipinski definition) is 2. The maximum atomic E-state index is 13.3. The fourth-order valence-corrected chi connectivity index (χ4v) is 1.96. The van der Waals surface area contributed by atoms with Crippen molar-refractivity contribution < 1.29 is 19.0 Å². The van der Waals surface area contributed by atoms with Crippen LogP contribution in [0.3, 0.4) is 0 Å². The predicted octanol–water partition coefficient (Wildman–Crippen LogP) is 2.86. The van der Waals surface area contributed by atoms with Gasteiger partial charge in [0, 0.05) is 10.6 Å². The number of carbonyl (C=O) groups is 1. The molecule has 1 aliphatic rings. The third kappa shape index (κ3) is 2.96. The van der Waals surface area contributed by atoms with Crippen molar-refractivity contribution in [1.29, 1.82) is 0 Å². The zero-order valence-corrected chi connectivity index (χ0v) is 9.78. The molecule has 0 radical (unpaired) electrons. The van der Waals surface area contributed by atoms with Crippen LogP contribution < -0.4 is 0 Å². The Morgan fingerprint density at radius 1 is 1.53 bits per heavy atom. The summed E-state index contributed by atoms with van der Waals surface area (Å²) in [6, 6.07) is 4.29. The molecule has 1 aromatic carbocycles. The maximum absolute atomic E-state index is 13.3. The molecule has 0 amide bonds. The van der Waals surface area contributed by atoms with E-state index >= 15 is 0 Å². The molecule has 92 valence electrons. The zero-order valence-electron chi connectivity index (χ0n) is 9.03. The zero-order chi connectivity index (χ0) is 12.4. The van der Waals surface area contributed by atoms with Crippen molar-refractivity contribution in [3.8, 4) is 0 Å². The average molecular weight is 259 g/mol. The Hall–Kier alpha value is -1.13. The maximum Gasteiger partial charge on any atom is 0.306 e. The monoisotopic (exact) mass is 258 g/mol. The number of ether oxygens (including phenoxy) is 1. The largest absolute Gasteiger partial charge is 0.481 e. The molecule has 1 N–H and O–H groups in total. The summed E-state index contributed by atoms with van der Waals surface area (Å²) in [6.07, 6.45) is 0.907. The minimum atomic E-state index is -0.793. The van der Waals surface area contributed by atoms with Crippen LogP contribution in [0.15, 0.2) is 18.2 Å². The number of carboxylic acids is 1. The van der Waals surface area contributed by atoms with Crippen molar-refractivity contribution in [2.45, 2.75) is 25.6 Å². The van der Waals surface area contributed by atoms with E-state index in [4.69, 9.17) is 21.4 Å². The predicted molar refractivity (Wildman–Crippen MR) is 60.3 cm³/mol. The average Bonchev–Trinajstić information content (AvgIpc) is 2.20. The van der Waals surface area contributed by atoms with Crippen LogP contribution in [0.25, 0.3) is 0 Å². The van der Waals surface area contributed by atoms with Gasteiger partial charge in [-0.05, 0) is 31.0 Å². The first-order chi connectivity index (χ1) is 8.06. The minimum absolute atomic E-state index is 0.0884. The highest BCUT2D eigenvalue weighted by Gasteiger charge is 2.35. The van der Waals surface area contributed by atoms with Gasteiger partial charge in [-0.2, -0.15) is 0 Å². The number of hydrogen-bond donors (Lipinski definition) is 1. The molecule has 17 heavy (non-hydrogen) atoms. The summed E-state index contributed by atoms with van der Waals surface area (Å²) in [4.78, 5) is 10.6. The molecule has 0 atom stereocenters. The van der Waals surface area contributed by atoms with Crippen LogP contribution in [-0.2, 0) is 16.1 Å². The molecule has 0 spiro atoms. The normalized spacial score (nSPS) is 23.2.